The van der Waals surface area contributed by atoms with Crippen LogP contribution in [-0.2, 0) is 6.54 Å². The van der Waals surface area contributed by atoms with Gasteiger partial charge in [0.1, 0.15) is 6.26 Å². The van der Waals surface area contributed by atoms with Crippen molar-refractivity contribution in [3.63, 3.8) is 0 Å². The molecule has 0 bridgehead atoms. The largest absolute Gasteiger partial charge is 0.446 e. The fourth-order valence-corrected chi connectivity index (χ4v) is 3.18. The van der Waals surface area contributed by atoms with Crippen molar-refractivity contribution in [1.82, 2.24) is 15.2 Å². The van der Waals surface area contributed by atoms with Crippen LogP contribution in [0.15, 0.2) is 28.9 Å². The third kappa shape index (κ3) is 3.86. The number of benzene rings is 1. The average Bonchev–Trinajstić information content (AvgIpc) is 3.53. The summed E-state index contributed by atoms with van der Waals surface area (Å²) in [6.07, 6.45) is 5.18. The lowest BCUT2D eigenvalue weighted by Gasteiger charge is -2.21. The lowest BCUT2D eigenvalue weighted by molar-refractivity contribution is 0.0714. The van der Waals surface area contributed by atoms with Gasteiger partial charge in [0.05, 0.1) is 17.1 Å². The van der Waals surface area contributed by atoms with Crippen molar-refractivity contribution in [3.8, 4) is 0 Å². The van der Waals surface area contributed by atoms with Gasteiger partial charge >= 0.3 is 0 Å². The van der Waals surface area contributed by atoms with E-state index in [9.17, 15) is 9.59 Å². The number of hydrogen-bond acceptors (Lipinski definition) is 4. The molecule has 1 aromatic carbocycles. The van der Waals surface area contributed by atoms with Crippen LogP contribution in [0.25, 0.3) is 0 Å². The van der Waals surface area contributed by atoms with Crippen LogP contribution in [-0.4, -0.2) is 33.8 Å². The molecule has 0 saturated heterocycles. The number of oxazole rings is 1. The number of amides is 2. The van der Waals surface area contributed by atoms with Crippen molar-refractivity contribution in [2.45, 2.75) is 44.3 Å². The van der Waals surface area contributed by atoms with E-state index in [-0.39, 0.29) is 36.1 Å². The molecule has 0 spiro atoms. The van der Waals surface area contributed by atoms with Crippen LogP contribution < -0.4 is 5.32 Å². The predicted molar refractivity (Wildman–Crippen MR) is 96.3 cm³/mol. The summed E-state index contributed by atoms with van der Waals surface area (Å²) >= 11 is 12.1. The Morgan fingerprint density at radius 2 is 2.00 bits per heavy atom. The molecular formula is C18H17Cl2N3O3. The maximum atomic E-state index is 12.9. The molecule has 2 amide bonds. The van der Waals surface area contributed by atoms with Gasteiger partial charge in [-0.2, -0.15) is 0 Å². The van der Waals surface area contributed by atoms with Gasteiger partial charge in [-0.05, 0) is 43.9 Å². The number of nitrogens with zero attached hydrogens (tertiary/aromatic N) is 2. The first kappa shape index (κ1) is 17.4. The first-order chi connectivity index (χ1) is 12.5. The molecule has 0 aliphatic heterocycles. The maximum Gasteiger partial charge on any atom is 0.273 e. The number of carbonyl (C=O) groups is 2. The highest BCUT2D eigenvalue weighted by molar-refractivity contribution is 6.36. The molecule has 2 saturated carbocycles. The number of carbonyl (C=O) groups excluding carboxylic acids is 2. The summed E-state index contributed by atoms with van der Waals surface area (Å²) in [5, 5.41) is 3.65. The van der Waals surface area contributed by atoms with Crippen molar-refractivity contribution in [3.05, 3.63) is 51.7 Å². The number of aromatic nitrogens is 1. The van der Waals surface area contributed by atoms with Crippen molar-refractivity contribution < 1.29 is 14.0 Å². The Morgan fingerprint density at radius 1 is 1.23 bits per heavy atom. The van der Waals surface area contributed by atoms with Gasteiger partial charge in [0.2, 0.25) is 5.89 Å². The van der Waals surface area contributed by atoms with E-state index in [4.69, 9.17) is 27.6 Å². The third-order valence-electron chi connectivity index (χ3n) is 4.41. The van der Waals surface area contributed by atoms with Crippen molar-refractivity contribution in [2.75, 3.05) is 0 Å². The van der Waals surface area contributed by atoms with E-state index in [0.29, 0.717) is 21.5 Å². The van der Waals surface area contributed by atoms with Crippen LogP contribution >= 0.6 is 23.2 Å². The van der Waals surface area contributed by atoms with Crippen LogP contribution in [0.3, 0.4) is 0 Å². The van der Waals surface area contributed by atoms with Crippen molar-refractivity contribution in [2.24, 2.45) is 0 Å². The summed E-state index contributed by atoms with van der Waals surface area (Å²) in [7, 11) is 0. The van der Waals surface area contributed by atoms with E-state index in [1.54, 1.807) is 23.1 Å². The molecule has 0 unspecified atom stereocenters. The summed E-state index contributed by atoms with van der Waals surface area (Å²) in [6.45, 7) is 0.194. The second-order valence-corrected chi connectivity index (χ2v) is 7.51. The van der Waals surface area contributed by atoms with Gasteiger partial charge < -0.3 is 14.6 Å². The minimum absolute atomic E-state index is 0.130. The van der Waals surface area contributed by atoms with Gasteiger partial charge in [-0.1, -0.05) is 23.2 Å². The second-order valence-electron chi connectivity index (χ2n) is 6.66. The lowest BCUT2D eigenvalue weighted by atomic mass is 10.2. The molecule has 2 aromatic rings. The maximum absolute atomic E-state index is 12.9. The SMILES string of the molecule is O=C(NC1CC1)c1coc(CN(C(=O)c2ccc(Cl)cc2Cl)C2CC2)n1. The van der Waals surface area contributed by atoms with E-state index in [0.717, 1.165) is 25.7 Å². The lowest BCUT2D eigenvalue weighted by Crippen LogP contribution is -2.33. The Kier molecular flexibility index (Phi) is 4.63. The van der Waals surface area contributed by atoms with E-state index in [1.807, 2.05) is 0 Å². The summed E-state index contributed by atoms with van der Waals surface area (Å²) in [4.78, 5) is 30.8. The Bertz CT molecular complexity index is 859. The first-order valence-electron chi connectivity index (χ1n) is 8.52. The zero-order valence-electron chi connectivity index (χ0n) is 13.9. The summed E-state index contributed by atoms with van der Waals surface area (Å²) in [6, 6.07) is 5.18. The molecule has 1 heterocycles. The second kappa shape index (κ2) is 6.93. The van der Waals surface area contributed by atoms with E-state index in [1.165, 1.54) is 6.26 Å². The van der Waals surface area contributed by atoms with Gasteiger partial charge in [-0.3, -0.25) is 9.59 Å². The van der Waals surface area contributed by atoms with Crippen LogP contribution in [0.1, 0.15) is 52.4 Å². The van der Waals surface area contributed by atoms with Gasteiger partial charge in [0, 0.05) is 17.1 Å². The molecule has 8 heteroatoms. The molecular weight excluding hydrogens is 377 g/mol. The minimum Gasteiger partial charge on any atom is -0.446 e. The highest BCUT2D eigenvalue weighted by atomic mass is 35.5. The predicted octanol–water partition coefficient (Wildman–Crippen LogP) is 3.68. The van der Waals surface area contributed by atoms with Crippen LogP contribution in [0.4, 0.5) is 0 Å². The third-order valence-corrected chi connectivity index (χ3v) is 4.96. The number of rotatable bonds is 6. The van der Waals surface area contributed by atoms with Crippen molar-refractivity contribution >= 4 is 35.0 Å². The van der Waals surface area contributed by atoms with Gasteiger partial charge in [-0.25, -0.2) is 4.98 Å². The van der Waals surface area contributed by atoms with Gasteiger partial charge in [0.15, 0.2) is 5.69 Å². The molecule has 0 atom stereocenters. The molecule has 26 heavy (non-hydrogen) atoms. The summed E-state index contributed by atoms with van der Waals surface area (Å²) < 4.78 is 5.41. The normalized spacial score (nSPS) is 16.4. The molecule has 6 nitrogen and oxygen atoms in total. The van der Waals surface area contributed by atoms with E-state index >= 15 is 0 Å². The Labute approximate surface area is 160 Å². The highest BCUT2D eigenvalue weighted by Gasteiger charge is 2.35. The highest BCUT2D eigenvalue weighted by Crippen LogP contribution is 2.32. The molecule has 1 N–H and O–H groups in total. The smallest absolute Gasteiger partial charge is 0.273 e. The van der Waals surface area contributed by atoms with Gasteiger partial charge in [0.25, 0.3) is 11.8 Å². The van der Waals surface area contributed by atoms with Gasteiger partial charge in [-0.15, -0.1) is 0 Å². The molecule has 2 aliphatic carbocycles. The molecule has 4 rings (SSSR count). The van der Waals surface area contributed by atoms with E-state index in [2.05, 4.69) is 10.3 Å². The van der Waals surface area contributed by atoms with Crippen LogP contribution in [0.2, 0.25) is 10.0 Å². The number of halogens is 2. The minimum atomic E-state index is -0.243. The monoisotopic (exact) mass is 393 g/mol. The summed E-state index contributed by atoms with van der Waals surface area (Å²) in [5.74, 6) is -0.111. The Morgan fingerprint density at radius 3 is 2.65 bits per heavy atom. The quantitative estimate of drug-likeness (QED) is 0.811. The molecule has 0 radical (unpaired) electrons. The van der Waals surface area contributed by atoms with Crippen molar-refractivity contribution in [1.29, 1.82) is 0 Å². The zero-order valence-corrected chi connectivity index (χ0v) is 15.4. The zero-order chi connectivity index (χ0) is 18.3. The molecule has 136 valence electrons. The van der Waals surface area contributed by atoms with Crippen LogP contribution in [0, 0.1) is 0 Å². The first-order valence-corrected chi connectivity index (χ1v) is 9.28. The Balaban J connectivity index is 1.49. The Hall–Kier alpha value is -2.05. The fourth-order valence-electron chi connectivity index (χ4n) is 2.69. The molecule has 2 aliphatic rings. The average molecular weight is 394 g/mol. The van der Waals surface area contributed by atoms with E-state index < -0.39 is 0 Å². The topological polar surface area (TPSA) is 75.4 Å². The standard InChI is InChI=1S/C18H17Cl2N3O3/c19-10-1-6-13(14(20)7-10)18(25)23(12-4-5-12)8-16-22-15(9-26-16)17(24)21-11-2-3-11/h1,6-7,9,11-12H,2-5,8H2,(H,21,24). The van der Waals surface area contributed by atoms with Crippen LogP contribution in [0.5, 0.6) is 0 Å². The number of nitrogens with one attached hydrogen (secondary N) is 1. The summed E-state index contributed by atoms with van der Waals surface area (Å²) in [5.41, 5.74) is 0.626. The molecule has 1 aromatic heterocycles. The fraction of sp³-hybridized carbons (Fsp3) is 0.389. The molecule has 2 fully saturated rings. The number of hydrogen-bond donors (Lipinski definition) is 1.